The summed E-state index contributed by atoms with van der Waals surface area (Å²) < 4.78 is 4.87. The van der Waals surface area contributed by atoms with E-state index in [4.69, 9.17) is 4.74 Å². The van der Waals surface area contributed by atoms with Gasteiger partial charge in [-0.05, 0) is 17.7 Å². The largest absolute Gasteiger partial charge is 0.465 e. The van der Waals surface area contributed by atoms with Crippen molar-refractivity contribution in [2.75, 3.05) is 13.7 Å². The highest BCUT2D eigenvalue weighted by Gasteiger charge is 2.29. The van der Waals surface area contributed by atoms with Crippen molar-refractivity contribution in [3.8, 4) is 0 Å². The summed E-state index contributed by atoms with van der Waals surface area (Å²) in [6.07, 6.45) is 0. The first-order valence-corrected chi connectivity index (χ1v) is 8.18. The van der Waals surface area contributed by atoms with Gasteiger partial charge in [-0.25, -0.2) is 4.79 Å². The van der Waals surface area contributed by atoms with Crippen LogP contribution >= 0.6 is 0 Å². The second kappa shape index (κ2) is 6.18. The van der Waals surface area contributed by atoms with Gasteiger partial charge in [-0.3, -0.25) is 9.69 Å². The third-order valence-corrected chi connectivity index (χ3v) is 4.58. The molecule has 0 radical (unpaired) electrons. The molecule has 0 bridgehead atoms. The highest BCUT2D eigenvalue weighted by molar-refractivity contribution is 6.16. The number of hydrogen-bond donors (Lipinski definition) is 1. The summed E-state index contributed by atoms with van der Waals surface area (Å²) in [6.45, 7) is 1.70. The van der Waals surface area contributed by atoms with Crippen molar-refractivity contribution in [1.29, 1.82) is 0 Å². The maximum Gasteiger partial charge on any atom is 0.338 e. The molecular formula is C20H18N2O3. The minimum Gasteiger partial charge on any atom is -0.465 e. The maximum atomic E-state index is 12.8. The molecule has 4 rings (SSSR count). The molecule has 0 fully saturated rings. The Balaban J connectivity index is 1.73. The van der Waals surface area contributed by atoms with Gasteiger partial charge in [-0.1, -0.05) is 36.4 Å². The van der Waals surface area contributed by atoms with Gasteiger partial charge in [0.15, 0.2) is 5.78 Å². The van der Waals surface area contributed by atoms with Crippen LogP contribution in [0.4, 0.5) is 0 Å². The number of carbonyl (C=O) groups is 2. The Morgan fingerprint density at radius 3 is 2.68 bits per heavy atom. The van der Waals surface area contributed by atoms with Crippen LogP contribution in [0.2, 0.25) is 0 Å². The number of ketones is 1. The molecule has 0 saturated carbocycles. The number of benzene rings is 2. The summed E-state index contributed by atoms with van der Waals surface area (Å²) in [5.41, 5.74) is 3.88. The van der Waals surface area contributed by atoms with Crippen LogP contribution in [0.3, 0.4) is 0 Å². The van der Waals surface area contributed by atoms with Crippen molar-refractivity contribution in [1.82, 2.24) is 9.88 Å². The Kier molecular flexibility index (Phi) is 3.86. The number of aromatic nitrogens is 1. The lowest BCUT2D eigenvalue weighted by Crippen LogP contribution is -2.34. The van der Waals surface area contributed by atoms with E-state index in [1.165, 1.54) is 12.7 Å². The lowest BCUT2D eigenvalue weighted by molar-refractivity contribution is 0.0603. The van der Waals surface area contributed by atoms with E-state index in [-0.39, 0.29) is 5.78 Å². The van der Waals surface area contributed by atoms with Crippen LogP contribution in [-0.2, 0) is 17.8 Å². The normalized spacial score (nSPS) is 14.5. The van der Waals surface area contributed by atoms with Crippen LogP contribution in [0.25, 0.3) is 10.9 Å². The maximum absolute atomic E-state index is 12.8. The smallest absolute Gasteiger partial charge is 0.338 e. The summed E-state index contributed by atoms with van der Waals surface area (Å²) >= 11 is 0. The van der Waals surface area contributed by atoms with Gasteiger partial charge < -0.3 is 9.72 Å². The molecule has 5 heteroatoms. The Hall–Kier alpha value is -2.92. The molecule has 3 aromatic rings. The lowest BCUT2D eigenvalue weighted by atomic mass is 9.98. The number of hydrogen-bond acceptors (Lipinski definition) is 4. The molecule has 2 heterocycles. The first kappa shape index (κ1) is 15.6. The van der Waals surface area contributed by atoms with Crippen LogP contribution in [0, 0.1) is 0 Å². The second-order valence-corrected chi connectivity index (χ2v) is 6.25. The molecule has 1 aliphatic rings. The Labute approximate surface area is 145 Å². The van der Waals surface area contributed by atoms with Gasteiger partial charge in [-0.15, -0.1) is 0 Å². The Bertz CT molecular complexity index is 960. The first-order chi connectivity index (χ1) is 12.2. The average Bonchev–Trinajstić information content (AvgIpc) is 3.00. The number of ether oxygens (including phenoxy) is 1. The topological polar surface area (TPSA) is 62.4 Å². The van der Waals surface area contributed by atoms with Crippen LogP contribution in [0.5, 0.6) is 0 Å². The molecule has 0 spiro atoms. The predicted octanol–water partition coefficient (Wildman–Crippen LogP) is 3.15. The summed E-state index contributed by atoms with van der Waals surface area (Å²) in [5, 5.41) is 0.675. The highest BCUT2D eigenvalue weighted by Crippen LogP contribution is 2.31. The zero-order valence-electron chi connectivity index (χ0n) is 13.9. The van der Waals surface area contributed by atoms with Crippen molar-refractivity contribution in [2.45, 2.75) is 13.1 Å². The fraction of sp³-hybridized carbons (Fsp3) is 0.200. The zero-order valence-corrected chi connectivity index (χ0v) is 13.9. The molecule has 0 saturated heterocycles. The van der Waals surface area contributed by atoms with Gasteiger partial charge in [0.1, 0.15) is 0 Å². The van der Waals surface area contributed by atoms with Crippen LogP contribution in [-0.4, -0.2) is 35.3 Å². The monoisotopic (exact) mass is 334 g/mol. The van der Waals surface area contributed by atoms with Gasteiger partial charge in [0.2, 0.25) is 0 Å². The van der Waals surface area contributed by atoms with E-state index in [1.54, 1.807) is 12.1 Å². The van der Waals surface area contributed by atoms with Gasteiger partial charge >= 0.3 is 5.97 Å². The quantitative estimate of drug-likeness (QED) is 0.748. The van der Waals surface area contributed by atoms with E-state index in [0.717, 1.165) is 11.2 Å². The van der Waals surface area contributed by atoms with Gasteiger partial charge in [-0.2, -0.15) is 0 Å². The molecule has 126 valence electrons. The van der Waals surface area contributed by atoms with Gasteiger partial charge in [0, 0.05) is 35.2 Å². The minimum atomic E-state index is -0.424. The van der Waals surface area contributed by atoms with E-state index in [0.29, 0.717) is 36.1 Å². The number of esters is 1. The van der Waals surface area contributed by atoms with Crippen LogP contribution in [0.15, 0.2) is 48.5 Å². The van der Waals surface area contributed by atoms with E-state index in [2.05, 4.69) is 22.0 Å². The van der Waals surface area contributed by atoms with Crippen molar-refractivity contribution in [2.24, 2.45) is 0 Å². The fourth-order valence-corrected chi connectivity index (χ4v) is 3.52. The molecule has 2 aromatic carbocycles. The van der Waals surface area contributed by atoms with Gasteiger partial charge in [0.05, 0.1) is 19.2 Å². The number of carbonyl (C=O) groups excluding carboxylic acids is 2. The van der Waals surface area contributed by atoms with E-state index < -0.39 is 5.97 Å². The number of methoxy groups -OCH3 is 1. The van der Waals surface area contributed by atoms with Gasteiger partial charge in [0.25, 0.3) is 0 Å². The van der Waals surface area contributed by atoms with Crippen molar-refractivity contribution >= 4 is 22.7 Å². The summed E-state index contributed by atoms with van der Waals surface area (Å²) in [6, 6.07) is 15.5. The lowest BCUT2D eigenvalue weighted by Gasteiger charge is -2.26. The molecule has 1 aromatic heterocycles. The van der Waals surface area contributed by atoms with Crippen LogP contribution in [0.1, 0.15) is 32.0 Å². The summed E-state index contributed by atoms with van der Waals surface area (Å²) in [7, 11) is 1.35. The third-order valence-electron chi connectivity index (χ3n) is 4.58. The summed E-state index contributed by atoms with van der Waals surface area (Å²) in [4.78, 5) is 30.3. The molecule has 0 amide bonds. The first-order valence-electron chi connectivity index (χ1n) is 8.18. The number of aromatic amines is 1. The Morgan fingerprint density at radius 2 is 1.92 bits per heavy atom. The minimum absolute atomic E-state index is 0.0276. The number of H-pyrrole nitrogens is 1. The third kappa shape index (κ3) is 2.72. The van der Waals surface area contributed by atoms with E-state index >= 15 is 0 Å². The molecule has 1 aliphatic heterocycles. The van der Waals surface area contributed by atoms with Crippen molar-refractivity contribution in [3.63, 3.8) is 0 Å². The average molecular weight is 334 g/mol. The number of nitrogens with zero attached hydrogens (tertiary/aromatic N) is 1. The second-order valence-electron chi connectivity index (χ2n) is 6.25. The number of rotatable bonds is 3. The molecule has 0 aliphatic carbocycles. The summed E-state index contributed by atoms with van der Waals surface area (Å²) in [5.74, 6) is -0.397. The molecule has 0 unspecified atom stereocenters. The fourth-order valence-electron chi connectivity index (χ4n) is 3.52. The molecule has 25 heavy (non-hydrogen) atoms. The number of fused-ring (bicyclic) bond motifs is 3. The predicted molar refractivity (Wildman–Crippen MR) is 94.5 cm³/mol. The van der Waals surface area contributed by atoms with E-state index in [9.17, 15) is 9.59 Å². The molecular weight excluding hydrogens is 316 g/mol. The van der Waals surface area contributed by atoms with Crippen molar-refractivity contribution < 1.29 is 14.3 Å². The van der Waals surface area contributed by atoms with Crippen molar-refractivity contribution in [3.05, 3.63) is 70.9 Å². The molecule has 0 atom stereocenters. The SMILES string of the molecule is COC(=O)c1cccc2[nH]c3c(c12)C(=O)CN(Cc1ccccc1)C3. The zero-order chi connectivity index (χ0) is 17.4. The molecule has 1 N–H and O–H groups in total. The highest BCUT2D eigenvalue weighted by atomic mass is 16.5. The number of Topliss-reactive ketones (excluding diaryl/α,β-unsaturated/α-hetero) is 1. The molecule has 5 nitrogen and oxygen atoms in total. The Morgan fingerprint density at radius 1 is 1.12 bits per heavy atom. The van der Waals surface area contributed by atoms with Crippen LogP contribution < -0.4 is 0 Å². The standard InChI is InChI=1S/C20H18N2O3/c1-25-20(24)14-8-5-9-15-18(14)19-16(21-15)11-22(12-17(19)23)10-13-6-3-2-4-7-13/h2-9,21H,10-12H2,1H3. The number of nitrogens with one attached hydrogen (secondary N) is 1. The van der Waals surface area contributed by atoms with E-state index in [1.807, 2.05) is 24.3 Å².